The Kier molecular flexibility index (Phi) is 5.30. The number of aromatic nitrogens is 1. The lowest BCUT2D eigenvalue weighted by Crippen LogP contribution is -2.43. The molecule has 0 spiro atoms. The molecule has 2 aromatic carbocycles. The molecule has 0 radical (unpaired) electrons. The average molecular weight is 359 g/mol. The number of fused-ring (bicyclic) bond motifs is 1. The lowest BCUT2D eigenvalue weighted by molar-refractivity contribution is -0.127. The third-order valence-corrected chi connectivity index (χ3v) is 4.08. The number of thioether (sulfide) groups is 1. The number of hydrazine groups is 1. The molecule has 0 aliphatic carbocycles. The summed E-state index contributed by atoms with van der Waals surface area (Å²) in [4.78, 5) is 27.7. The maximum atomic E-state index is 13.5. The van der Waals surface area contributed by atoms with Crippen LogP contribution in [0.25, 0.3) is 11.1 Å². The van der Waals surface area contributed by atoms with Crippen molar-refractivity contribution in [1.82, 2.24) is 15.8 Å². The van der Waals surface area contributed by atoms with Gasteiger partial charge in [0.25, 0.3) is 5.22 Å². The molecule has 3 aromatic rings. The molecule has 0 unspecified atom stereocenters. The predicted octanol–water partition coefficient (Wildman–Crippen LogP) is 2.45. The molecule has 1 heterocycles. The van der Waals surface area contributed by atoms with E-state index in [2.05, 4.69) is 15.8 Å². The van der Waals surface area contributed by atoms with Gasteiger partial charge in [0.2, 0.25) is 11.8 Å². The lowest BCUT2D eigenvalue weighted by atomic mass is 10.1. The number of carbonyl (C=O) groups is 2. The van der Waals surface area contributed by atoms with Crippen molar-refractivity contribution in [1.29, 1.82) is 0 Å². The fourth-order valence-corrected chi connectivity index (χ4v) is 2.71. The number of halogens is 1. The molecule has 128 valence electrons. The van der Waals surface area contributed by atoms with Gasteiger partial charge in [-0.15, -0.1) is 0 Å². The van der Waals surface area contributed by atoms with E-state index < -0.39 is 17.6 Å². The highest BCUT2D eigenvalue weighted by Gasteiger charge is 2.11. The van der Waals surface area contributed by atoms with Crippen LogP contribution < -0.4 is 10.9 Å². The van der Waals surface area contributed by atoms with E-state index in [-0.39, 0.29) is 17.7 Å². The van der Waals surface area contributed by atoms with Crippen LogP contribution in [0, 0.1) is 5.82 Å². The second-order valence-corrected chi connectivity index (χ2v) is 6.03. The summed E-state index contributed by atoms with van der Waals surface area (Å²) in [5.41, 5.74) is 6.14. The minimum absolute atomic E-state index is 0.0206. The molecule has 3 rings (SSSR count). The Morgan fingerprint density at radius 2 is 1.76 bits per heavy atom. The standard InChI is InChI=1S/C17H14FN3O3S/c18-12-6-2-1-5-11(12)9-15(22)20-21-16(23)10-25-17-19-13-7-3-4-8-14(13)24-17/h1-8H,9-10H2,(H,20,22)(H,21,23). The largest absolute Gasteiger partial charge is 0.431 e. The van der Waals surface area contributed by atoms with Crippen molar-refractivity contribution in [2.75, 3.05) is 5.75 Å². The van der Waals surface area contributed by atoms with Crippen molar-refractivity contribution in [3.63, 3.8) is 0 Å². The second kappa shape index (κ2) is 7.80. The first-order valence-corrected chi connectivity index (χ1v) is 8.40. The number of oxazole rings is 1. The maximum absolute atomic E-state index is 13.5. The van der Waals surface area contributed by atoms with Gasteiger partial charge in [-0.3, -0.25) is 20.4 Å². The number of para-hydroxylation sites is 2. The Morgan fingerprint density at radius 1 is 1.04 bits per heavy atom. The second-order valence-electron chi connectivity index (χ2n) is 5.10. The van der Waals surface area contributed by atoms with Crippen molar-refractivity contribution in [3.8, 4) is 0 Å². The molecule has 25 heavy (non-hydrogen) atoms. The molecule has 2 N–H and O–H groups in total. The molecule has 0 aliphatic rings. The Balaban J connectivity index is 1.44. The minimum atomic E-state index is -0.509. The van der Waals surface area contributed by atoms with Crippen molar-refractivity contribution in [2.24, 2.45) is 0 Å². The molecular formula is C17H14FN3O3S. The van der Waals surface area contributed by atoms with Crippen molar-refractivity contribution in [2.45, 2.75) is 11.6 Å². The lowest BCUT2D eigenvalue weighted by Gasteiger charge is -2.07. The molecular weight excluding hydrogens is 345 g/mol. The average Bonchev–Trinajstić information content (AvgIpc) is 3.03. The van der Waals surface area contributed by atoms with Gasteiger partial charge in [-0.25, -0.2) is 9.37 Å². The van der Waals surface area contributed by atoms with Gasteiger partial charge in [-0.05, 0) is 23.8 Å². The Morgan fingerprint density at radius 3 is 2.56 bits per heavy atom. The molecule has 6 nitrogen and oxygen atoms in total. The van der Waals surface area contributed by atoms with Crippen molar-refractivity contribution < 1.29 is 18.4 Å². The summed E-state index contributed by atoms with van der Waals surface area (Å²) in [5.74, 6) is -1.37. The molecule has 0 fully saturated rings. The van der Waals surface area contributed by atoms with Crippen LogP contribution in [0.2, 0.25) is 0 Å². The van der Waals surface area contributed by atoms with Crippen LogP contribution in [-0.4, -0.2) is 22.6 Å². The summed E-state index contributed by atoms with van der Waals surface area (Å²) in [7, 11) is 0. The van der Waals surface area contributed by atoms with E-state index in [1.165, 1.54) is 12.1 Å². The zero-order valence-corrected chi connectivity index (χ0v) is 13.8. The number of hydrogen-bond donors (Lipinski definition) is 2. The summed E-state index contributed by atoms with van der Waals surface area (Å²) >= 11 is 1.11. The highest BCUT2D eigenvalue weighted by molar-refractivity contribution is 7.99. The number of nitrogens with one attached hydrogen (secondary N) is 2. The first-order chi connectivity index (χ1) is 12.1. The van der Waals surface area contributed by atoms with Gasteiger partial charge in [-0.2, -0.15) is 0 Å². The van der Waals surface area contributed by atoms with Gasteiger partial charge in [-0.1, -0.05) is 42.1 Å². The van der Waals surface area contributed by atoms with Gasteiger partial charge < -0.3 is 4.42 Å². The fraction of sp³-hybridized carbons (Fsp3) is 0.118. The van der Waals surface area contributed by atoms with E-state index in [0.29, 0.717) is 16.3 Å². The van der Waals surface area contributed by atoms with Gasteiger partial charge in [0.05, 0.1) is 12.2 Å². The van der Waals surface area contributed by atoms with Gasteiger partial charge in [0, 0.05) is 0 Å². The van der Waals surface area contributed by atoms with E-state index in [4.69, 9.17) is 4.42 Å². The molecule has 2 amide bonds. The topological polar surface area (TPSA) is 84.2 Å². The van der Waals surface area contributed by atoms with E-state index in [1.807, 2.05) is 18.2 Å². The highest BCUT2D eigenvalue weighted by Crippen LogP contribution is 2.22. The SMILES string of the molecule is O=C(CSc1nc2ccccc2o1)NNC(=O)Cc1ccccc1F. The molecule has 0 bridgehead atoms. The van der Waals surface area contributed by atoms with Crippen LogP contribution in [-0.2, 0) is 16.0 Å². The molecule has 8 heteroatoms. The number of nitrogens with zero attached hydrogens (tertiary/aromatic N) is 1. The molecule has 0 aliphatic heterocycles. The number of amides is 2. The van der Waals surface area contributed by atoms with Crippen LogP contribution in [0.5, 0.6) is 0 Å². The third-order valence-electron chi connectivity index (χ3n) is 3.25. The first-order valence-electron chi connectivity index (χ1n) is 7.41. The number of hydrogen-bond acceptors (Lipinski definition) is 5. The summed E-state index contributed by atoms with van der Waals surface area (Å²) in [6.07, 6.45) is -0.161. The Hall–Kier alpha value is -2.87. The number of carbonyl (C=O) groups excluding carboxylic acids is 2. The minimum Gasteiger partial charge on any atom is -0.431 e. The predicted molar refractivity (Wildman–Crippen MR) is 91.1 cm³/mol. The summed E-state index contributed by atoms with van der Waals surface area (Å²) < 4.78 is 18.9. The number of rotatable bonds is 5. The smallest absolute Gasteiger partial charge is 0.257 e. The van der Waals surface area contributed by atoms with E-state index in [9.17, 15) is 14.0 Å². The van der Waals surface area contributed by atoms with Crippen LogP contribution in [0.4, 0.5) is 4.39 Å². The molecule has 0 atom stereocenters. The third kappa shape index (κ3) is 4.57. The van der Waals surface area contributed by atoms with Crippen molar-refractivity contribution in [3.05, 3.63) is 59.9 Å². The molecule has 1 aromatic heterocycles. The molecule has 0 saturated heterocycles. The number of benzene rings is 2. The van der Waals surface area contributed by atoms with Crippen LogP contribution >= 0.6 is 11.8 Å². The summed E-state index contributed by atoms with van der Waals surface area (Å²) in [6, 6.07) is 13.2. The Labute approximate surface area is 146 Å². The van der Waals surface area contributed by atoms with Crippen LogP contribution in [0.1, 0.15) is 5.56 Å². The van der Waals surface area contributed by atoms with Gasteiger partial charge >= 0.3 is 0 Å². The first kappa shape index (κ1) is 17.0. The van der Waals surface area contributed by atoms with Crippen LogP contribution in [0.3, 0.4) is 0 Å². The zero-order chi connectivity index (χ0) is 17.6. The van der Waals surface area contributed by atoms with Gasteiger partial charge in [0.15, 0.2) is 5.58 Å². The quantitative estimate of drug-likeness (QED) is 0.540. The summed E-state index contributed by atoms with van der Waals surface area (Å²) in [5, 5.41) is 0.369. The highest BCUT2D eigenvalue weighted by atomic mass is 32.2. The monoisotopic (exact) mass is 359 g/mol. The van der Waals surface area contributed by atoms with E-state index in [0.717, 1.165) is 11.8 Å². The maximum Gasteiger partial charge on any atom is 0.257 e. The van der Waals surface area contributed by atoms with Gasteiger partial charge in [0.1, 0.15) is 11.3 Å². The van der Waals surface area contributed by atoms with Crippen LogP contribution in [0.15, 0.2) is 58.2 Å². The normalized spacial score (nSPS) is 10.6. The van der Waals surface area contributed by atoms with E-state index in [1.54, 1.807) is 18.2 Å². The fourth-order valence-electron chi connectivity index (χ4n) is 2.07. The molecule has 0 saturated carbocycles. The summed E-state index contributed by atoms with van der Waals surface area (Å²) in [6.45, 7) is 0. The van der Waals surface area contributed by atoms with Crippen molar-refractivity contribution >= 4 is 34.7 Å². The zero-order valence-electron chi connectivity index (χ0n) is 13.0. The Bertz CT molecular complexity index is 880. The van der Waals surface area contributed by atoms with E-state index >= 15 is 0 Å².